The molecule has 3 unspecified atom stereocenters. The fourth-order valence-corrected chi connectivity index (χ4v) is 12.9. The maximum atomic E-state index is 13.6. The smallest absolute Gasteiger partial charge is 0.478 e. The number of aromatic amines is 1. The molecule has 1 fully saturated rings. The van der Waals surface area contributed by atoms with Gasteiger partial charge < -0.3 is 59.7 Å². The predicted octanol–water partition coefficient (Wildman–Crippen LogP) is 5.57. The normalized spacial score (nSPS) is 17.9. The third-order valence-electron chi connectivity index (χ3n) is 10.9. The molecule has 25 nitrogen and oxygen atoms in total. The Morgan fingerprint density at radius 3 is 2.44 bits per heavy atom. The van der Waals surface area contributed by atoms with Crippen LogP contribution in [0.4, 0.5) is 5.69 Å². The lowest BCUT2D eigenvalue weighted by Crippen LogP contribution is -2.36. The van der Waals surface area contributed by atoms with Crippen LogP contribution >= 0.6 is 45.1 Å². The van der Waals surface area contributed by atoms with Crippen molar-refractivity contribution in [1.82, 2.24) is 14.9 Å². The molecule has 1 saturated heterocycles. The summed E-state index contributed by atoms with van der Waals surface area (Å²) in [6, 6.07) is 12.3. The minimum atomic E-state index is -5.79. The van der Waals surface area contributed by atoms with Gasteiger partial charge in [-0.15, -0.1) is 0 Å². The molecule has 2 aromatic carbocycles. The zero-order chi connectivity index (χ0) is 55.0. The van der Waals surface area contributed by atoms with Gasteiger partial charge in [0.15, 0.2) is 0 Å². The van der Waals surface area contributed by atoms with E-state index in [4.69, 9.17) is 34.1 Å². The van der Waals surface area contributed by atoms with Crippen molar-refractivity contribution >= 4 is 73.6 Å². The van der Waals surface area contributed by atoms with Gasteiger partial charge in [-0.1, -0.05) is 39.5 Å². The molecular formula is C45H55N6O19P3S2. The van der Waals surface area contributed by atoms with E-state index in [-0.39, 0.29) is 48.9 Å². The number of phosphoric acid groups is 3. The molecule has 2 aliphatic heterocycles. The maximum absolute atomic E-state index is 13.6. The van der Waals surface area contributed by atoms with Gasteiger partial charge >= 0.3 is 35.1 Å². The van der Waals surface area contributed by atoms with E-state index in [1.807, 2.05) is 65.8 Å². The van der Waals surface area contributed by atoms with Crippen molar-refractivity contribution in [2.75, 3.05) is 50.8 Å². The van der Waals surface area contributed by atoms with Gasteiger partial charge in [-0.3, -0.25) is 28.7 Å². The SMILES string of the molecule is CCN=c1cc2oc3cc(NCC)c(C)cc3c(-c3ccc(C(=O)NCC(C)(C)SSCOCC#Cc4cn([C@H]5CC(OCN)[C@@H](COP(=O)(O)OP(=O)(O)OP(=O)(O)O)O5)c(=O)[nH]c4=O)cc3C(=O)O)c-2cc1C. The molecular weight excluding hydrogens is 1090 g/mol. The number of carbonyl (C=O) groups is 2. The van der Waals surface area contributed by atoms with E-state index in [9.17, 15) is 47.8 Å². The second kappa shape index (κ2) is 25.0. The number of ether oxygens (including phenoxy) is 3. The molecule has 0 radical (unpaired) electrons. The number of hydrogen-bond acceptors (Lipinski definition) is 19. The molecule has 1 amide bonds. The van der Waals surface area contributed by atoms with Crippen LogP contribution in [-0.4, -0.2) is 109 Å². The summed E-state index contributed by atoms with van der Waals surface area (Å²) >= 11 is 0. The Balaban J connectivity index is 1.05. The quantitative estimate of drug-likeness (QED) is 0.00963. The Morgan fingerprint density at radius 2 is 1.76 bits per heavy atom. The fraction of sp³-hybridized carbons (Fsp3) is 0.400. The molecule has 0 bridgehead atoms. The molecule has 5 atom stereocenters. The van der Waals surface area contributed by atoms with Gasteiger partial charge in [0, 0.05) is 76.9 Å². The number of fused-ring (bicyclic) bond motifs is 2. The standard InChI is InChI=1S/C45H55N6O19P3S2/c1-7-47-33-17-35-31(14-25(33)3)40(32-15-26(4)34(48-8-2)18-36(32)67-35)29-12-11-27(16-30(29)43(54)55)41(52)49-22-45(5,6)75-74-24-64-13-9-10-28-20-51(44(56)50-42(28)53)39-19-37(65-23-46)38(68-39)21-66-72(60,61)70-73(62,63)69-71(57,58)59/h11-12,14-18,20,37-39,47H,7-8,13,19,21-24,46H2,1-6H3,(H,49,52)(H,54,55)(H,60,61)(H,62,63)(H,50,53,56)(H2,57,58,59)/t37?,38-,39-/m1/s1. The summed E-state index contributed by atoms with van der Waals surface area (Å²) in [5, 5.41) is 18.3. The summed E-state index contributed by atoms with van der Waals surface area (Å²) in [5.74, 6) is 4.28. The van der Waals surface area contributed by atoms with Crippen molar-refractivity contribution in [3.8, 4) is 34.3 Å². The van der Waals surface area contributed by atoms with Crippen LogP contribution < -0.4 is 33.0 Å². The average molecular weight is 1140 g/mol. The van der Waals surface area contributed by atoms with Crippen molar-refractivity contribution in [2.45, 2.75) is 71.1 Å². The molecule has 10 N–H and O–H groups in total. The molecule has 3 heterocycles. The van der Waals surface area contributed by atoms with Crippen molar-refractivity contribution in [2.24, 2.45) is 10.7 Å². The van der Waals surface area contributed by atoms with Gasteiger partial charge in [0.1, 0.15) is 41.8 Å². The monoisotopic (exact) mass is 1140 g/mol. The van der Waals surface area contributed by atoms with Crippen LogP contribution in [0, 0.1) is 25.7 Å². The number of aryl methyl sites for hydroxylation is 2. The maximum Gasteiger partial charge on any atom is 0.490 e. The second-order valence-electron chi connectivity index (χ2n) is 17.1. The number of nitrogens with one attached hydrogen (secondary N) is 3. The van der Waals surface area contributed by atoms with Crippen LogP contribution in [0.25, 0.3) is 33.4 Å². The van der Waals surface area contributed by atoms with Crippen LogP contribution in [0.5, 0.6) is 0 Å². The predicted molar refractivity (Wildman–Crippen MR) is 278 cm³/mol. The number of carboxylic acids is 1. The summed E-state index contributed by atoms with van der Waals surface area (Å²) in [4.78, 5) is 95.6. The number of aromatic nitrogens is 2. The van der Waals surface area contributed by atoms with Crippen molar-refractivity contribution in [1.29, 1.82) is 0 Å². The highest BCUT2D eigenvalue weighted by molar-refractivity contribution is 8.77. The number of nitrogens with two attached hydrogens (primary N) is 1. The molecule has 3 aliphatic rings. The van der Waals surface area contributed by atoms with Crippen molar-refractivity contribution < 1.29 is 79.7 Å². The Morgan fingerprint density at radius 1 is 1.01 bits per heavy atom. The van der Waals surface area contributed by atoms with E-state index in [1.54, 1.807) is 12.1 Å². The molecule has 0 spiro atoms. The number of phosphoric ester groups is 1. The third-order valence-corrected chi connectivity index (χ3v) is 17.7. The summed E-state index contributed by atoms with van der Waals surface area (Å²) < 4.78 is 70.6. The summed E-state index contributed by atoms with van der Waals surface area (Å²) in [5.41, 5.74) is 8.67. The van der Waals surface area contributed by atoms with Gasteiger partial charge in [0.25, 0.3) is 11.5 Å². The summed E-state index contributed by atoms with van der Waals surface area (Å²) in [6.45, 7) is 11.7. The van der Waals surface area contributed by atoms with E-state index < -0.39 is 76.4 Å². The van der Waals surface area contributed by atoms with Gasteiger partial charge in [-0.2, -0.15) is 8.62 Å². The van der Waals surface area contributed by atoms with E-state index >= 15 is 0 Å². The number of carbonyl (C=O) groups excluding carboxylic acids is 1. The lowest BCUT2D eigenvalue weighted by Gasteiger charge is -2.23. The highest BCUT2D eigenvalue weighted by Gasteiger charge is 2.44. The number of anilines is 1. The topological polar surface area (TPSA) is 372 Å². The first-order valence-electron chi connectivity index (χ1n) is 22.6. The average Bonchev–Trinajstić information content (AvgIpc) is 3.71. The Hall–Kier alpha value is -4.94. The molecule has 6 rings (SSSR count). The fourth-order valence-electron chi connectivity index (χ4n) is 7.73. The first-order valence-corrected chi connectivity index (χ1v) is 29.5. The molecule has 30 heteroatoms. The number of nitrogens with zero attached hydrogens (tertiary/aromatic N) is 2. The van der Waals surface area contributed by atoms with E-state index in [0.717, 1.165) is 32.9 Å². The van der Waals surface area contributed by atoms with E-state index in [2.05, 4.69) is 45.6 Å². The van der Waals surface area contributed by atoms with Gasteiger partial charge in [-0.05, 0) is 82.5 Å². The van der Waals surface area contributed by atoms with Crippen LogP contribution in [0.1, 0.15) is 77.8 Å². The van der Waals surface area contributed by atoms with Crippen LogP contribution in [0.2, 0.25) is 0 Å². The molecule has 3 aromatic rings. The molecule has 0 saturated carbocycles. The number of aromatic carboxylic acids is 1. The first kappa shape index (κ1) is 59.3. The lowest BCUT2D eigenvalue weighted by molar-refractivity contribution is -0.0602. The van der Waals surface area contributed by atoms with Crippen molar-refractivity contribution in [3.05, 3.63) is 103 Å². The van der Waals surface area contributed by atoms with E-state index in [1.165, 1.54) is 27.7 Å². The number of benzene rings is 3. The molecule has 1 aromatic heterocycles. The Bertz CT molecular complexity index is 3330. The highest BCUT2D eigenvalue weighted by atomic mass is 33.1. The molecule has 75 heavy (non-hydrogen) atoms. The molecule has 406 valence electrons. The first-order chi connectivity index (χ1) is 35.2. The van der Waals surface area contributed by atoms with Gasteiger partial charge in [-0.25, -0.2) is 23.3 Å². The number of amides is 1. The summed E-state index contributed by atoms with van der Waals surface area (Å²) in [6.07, 6.45) is -2.51. The number of hydrogen-bond donors (Lipinski definition) is 9. The lowest BCUT2D eigenvalue weighted by atomic mass is 9.88. The Kier molecular flexibility index (Phi) is 19.8. The van der Waals surface area contributed by atoms with Crippen LogP contribution in [0.15, 0.2) is 67.7 Å². The second-order valence-corrected chi connectivity index (χ2v) is 24.5. The minimum absolute atomic E-state index is 0.0676. The number of rotatable bonds is 23. The van der Waals surface area contributed by atoms with Crippen LogP contribution in [-0.2, 0) is 41.1 Å². The largest absolute Gasteiger partial charge is 0.490 e. The highest BCUT2D eigenvalue weighted by Crippen LogP contribution is 2.66. The number of H-pyrrole nitrogens is 1. The zero-order valence-electron chi connectivity index (χ0n) is 41.1. The van der Waals surface area contributed by atoms with E-state index in [0.29, 0.717) is 46.5 Å². The van der Waals surface area contributed by atoms with Gasteiger partial charge in [0.2, 0.25) is 0 Å². The number of carboxylic acid groups (broad SMARTS) is 1. The third kappa shape index (κ3) is 15.8. The Labute approximate surface area is 436 Å². The molecule has 1 aliphatic carbocycles. The zero-order valence-corrected chi connectivity index (χ0v) is 45.4. The summed E-state index contributed by atoms with van der Waals surface area (Å²) in [7, 11) is -14.2. The van der Waals surface area contributed by atoms with Gasteiger partial charge in [0.05, 0.1) is 30.4 Å². The van der Waals surface area contributed by atoms with Crippen molar-refractivity contribution in [3.63, 3.8) is 0 Å². The van der Waals surface area contributed by atoms with Crippen LogP contribution in [0.3, 0.4) is 0 Å². The minimum Gasteiger partial charge on any atom is -0.478 e.